The van der Waals surface area contributed by atoms with Gasteiger partial charge >= 0.3 is 0 Å². The number of carbonyl (C=O) groups is 1. The van der Waals surface area contributed by atoms with Crippen LogP contribution in [0, 0.1) is 11.3 Å². The van der Waals surface area contributed by atoms with Gasteiger partial charge in [0.15, 0.2) is 0 Å². The summed E-state index contributed by atoms with van der Waals surface area (Å²) in [6, 6.07) is 17.2. The molecule has 5 heteroatoms. The van der Waals surface area contributed by atoms with Crippen LogP contribution in [0.15, 0.2) is 48.5 Å². The van der Waals surface area contributed by atoms with Crippen molar-refractivity contribution in [1.82, 2.24) is 10.6 Å². The van der Waals surface area contributed by atoms with Gasteiger partial charge in [0.1, 0.15) is 6.04 Å². The summed E-state index contributed by atoms with van der Waals surface area (Å²) in [5, 5.41) is 16.2. The maximum Gasteiger partial charge on any atom is 0.238 e. The average molecular weight is 368 g/mol. The third-order valence-electron chi connectivity index (χ3n) is 4.65. The van der Waals surface area contributed by atoms with E-state index in [1.165, 1.54) is 0 Å². The topological polar surface area (TPSA) is 64.9 Å². The number of nitrogens with one attached hydrogen (secondary N) is 2. The Morgan fingerprint density at radius 3 is 2.69 bits per heavy atom. The van der Waals surface area contributed by atoms with Crippen molar-refractivity contribution in [1.29, 1.82) is 5.26 Å². The molecule has 134 valence electrons. The second-order valence-corrected chi connectivity index (χ2v) is 7.04. The molecule has 1 fully saturated rings. The molecule has 0 aliphatic carbocycles. The minimum Gasteiger partial charge on any atom is -0.339 e. The molecule has 0 spiro atoms. The van der Waals surface area contributed by atoms with Crippen LogP contribution in [0.5, 0.6) is 0 Å². The highest BCUT2D eigenvalue weighted by Crippen LogP contribution is 2.23. The Hall–Kier alpha value is -2.35. The molecule has 1 saturated heterocycles. The van der Waals surface area contributed by atoms with Gasteiger partial charge in [0.25, 0.3) is 0 Å². The number of nitrogens with zero attached hydrogens (tertiary/aromatic N) is 1. The van der Waals surface area contributed by atoms with Crippen LogP contribution in [0.1, 0.15) is 24.8 Å². The minimum absolute atomic E-state index is 0.0770. The molecule has 4 nitrogen and oxygen atoms in total. The lowest BCUT2D eigenvalue weighted by Crippen LogP contribution is -2.49. The monoisotopic (exact) mass is 367 g/mol. The molecule has 2 aromatic rings. The SMILES string of the molecule is N#CC(Cc1ccc(-c2cccc(Cl)c2)cc1)NC(=O)C1CCCCN1. The molecule has 1 heterocycles. The van der Waals surface area contributed by atoms with Gasteiger partial charge in [-0.3, -0.25) is 4.79 Å². The van der Waals surface area contributed by atoms with Gasteiger partial charge in [-0.25, -0.2) is 0 Å². The van der Waals surface area contributed by atoms with E-state index in [1.54, 1.807) is 0 Å². The van der Waals surface area contributed by atoms with Gasteiger partial charge in [-0.1, -0.05) is 54.4 Å². The maximum atomic E-state index is 12.3. The summed E-state index contributed by atoms with van der Waals surface area (Å²) in [5.74, 6) is -0.0770. The molecular formula is C21H22ClN3O. The van der Waals surface area contributed by atoms with E-state index in [0.29, 0.717) is 11.4 Å². The van der Waals surface area contributed by atoms with Crippen molar-refractivity contribution in [2.24, 2.45) is 0 Å². The molecule has 1 amide bonds. The van der Waals surface area contributed by atoms with E-state index < -0.39 is 6.04 Å². The fraction of sp³-hybridized carbons (Fsp3) is 0.333. The maximum absolute atomic E-state index is 12.3. The third kappa shape index (κ3) is 4.85. The zero-order valence-corrected chi connectivity index (χ0v) is 15.3. The number of carbonyl (C=O) groups excluding carboxylic acids is 1. The Bertz CT molecular complexity index is 792. The summed E-state index contributed by atoms with van der Waals surface area (Å²) in [6.45, 7) is 0.861. The van der Waals surface area contributed by atoms with Crippen molar-refractivity contribution in [2.75, 3.05) is 6.54 Å². The molecule has 1 aliphatic rings. The Balaban J connectivity index is 1.61. The predicted octanol–water partition coefficient (Wildman–Crippen LogP) is 3.70. The van der Waals surface area contributed by atoms with Gasteiger partial charge in [0, 0.05) is 11.4 Å². The average Bonchev–Trinajstić information content (AvgIpc) is 2.68. The van der Waals surface area contributed by atoms with Crippen molar-refractivity contribution in [3.63, 3.8) is 0 Å². The van der Waals surface area contributed by atoms with Gasteiger partial charge < -0.3 is 10.6 Å². The van der Waals surface area contributed by atoms with E-state index in [0.717, 1.165) is 42.5 Å². The quantitative estimate of drug-likeness (QED) is 0.846. The number of hydrogen-bond donors (Lipinski definition) is 2. The molecule has 0 radical (unpaired) electrons. The van der Waals surface area contributed by atoms with E-state index in [2.05, 4.69) is 16.7 Å². The molecule has 2 atom stereocenters. The summed E-state index contributed by atoms with van der Waals surface area (Å²) in [4.78, 5) is 12.3. The van der Waals surface area contributed by atoms with Crippen LogP contribution < -0.4 is 10.6 Å². The highest BCUT2D eigenvalue weighted by atomic mass is 35.5. The van der Waals surface area contributed by atoms with Crippen molar-refractivity contribution < 1.29 is 4.79 Å². The number of amides is 1. The van der Waals surface area contributed by atoms with Gasteiger partial charge in [-0.15, -0.1) is 0 Å². The first kappa shape index (κ1) is 18.4. The lowest BCUT2D eigenvalue weighted by Gasteiger charge is -2.23. The second-order valence-electron chi connectivity index (χ2n) is 6.60. The summed E-state index contributed by atoms with van der Waals surface area (Å²) in [6.07, 6.45) is 3.47. The predicted molar refractivity (Wildman–Crippen MR) is 104 cm³/mol. The van der Waals surface area contributed by atoms with E-state index in [1.807, 2.05) is 48.5 Å². The van der Waals surface area contributed by atoms with Crippen LogP contribution in [0.2, 0.25) is 5.02 Å². The van der Waals surface area contributed by atoms with E-state index >= 15 is 0 Å². The molecule has 2 aromatic carbocycles. The fourth-order valence-corrected chi connectivity index (χ4v) is 3.40. The first-order chi connectivity index (χ1) is 12.7. The summed E-state index contributed by atoms with van der Waals surface area (Å²) in [7, 11) is 0. The van der Waals surface area contributed by atoms with Crippen molar-refractivity contribution in [2.45, 2.75) is 37.8 Å². The Kier molecular flexibility index (Phi) is 6.27. The molecule has 3 rings (SSSR count). The second kappa shape index (κ2) is 8.84. The van der Waals surface area contributed by atoms with Crippen molar-refractivity contribution in [3.05, 3.63) is 59.1 Å². The molecule has 0 aromatic heterocycles. The third-order valence-corrected chi connectivity index (χ3v) is 4.89. The van der Waals surface area contributed by atoms with Gasteiger partial charge in [-0.2, -0.15) is 5.26 Å². The van der Waals surface area contributed by atoms with E-state index in [4.69, 9.17) is 11.6 Å². The van der Waals surface area contributed by atoms with Crippen LogP contribution in [0.4, 0.5) is 0 Å². The Labute approximate surface area is 159 Å². The van der Waals surface area contributed by atoms with Crippen LogP contribution in [-0.2, 0) is 11.2 Å². The van der Waals surface area contributed by atoms with Crippen LogP contribution in [0.3, 0.4) is 0 Å². The lowest BCUT2D eigenvalue weighted by molar-refractivity contribution is -0.124. The zero-order valence-electron chi connectivity index (χ0n) is 14.5. The first-order valence-corrected chi connectivity index (χ1v) is 9.32. The van der Waals surface area contributed by atoms with E-state index in [9.17, 15) is 10.1 Å². The molecule has 0 saturated carbocycles. The Morgan fingerprint density at radius 2 is 2.04 bits per heavy atom. The van der Waals surface area contributed by atoms with Crippen LogP contribution in [0.25, 0.3) is 11.1 Å². The summed E-state index contributed by atoms with van der Waals surface area (Å²) >= 11 is 6.04. The van der Waals surface area contributed by atoms with Gasteiger partial charge in [0.05, 0.1) is 12.1 Å². The number of hydrogen-bond acceptors (Lipinski definition) is 3. The number of nitriles is 1. The largest absolute Gasteiger partial charge is 0.339 e. The molecule has 1 aliphatic heterocycles. The highest BCUT2D eigenvalue weighted by Gasteiger charge is 2.22. The first-order valence-electron chi connectivity index (χ1n) is 8.94. The molecule has 2 unspecified atom stereocenters. The Morgan fingerprint density at radius 1 is 1.23 bits per heavy atom. The smallest absolute Gasteiger partial charge is 0.238 e. The minimum atomic E-state index is -0.525. The molecular weight excluding hydrogens is 346 g/mol. The normalized spacial score (nSPS) is 17.9. The van der Waals surface area contributed by atoms with Crippen LogP contribution in [-0.4, -0.2) is 24.5 Å². The summed E-state index contributed by atoms with van der Waals surface area (Å²) in [5.41, 5.74) is 3.14. The van der Waals surface area contributed by atoms with Crippen molar-refractivity contribution in [3.8, 4) is 17.2 Å². The highest BCUT2D eigenvalue weighted by molar-refractivity contribution is 6.30. The lowest BCUT2D eigenvalue weighted by atomic mass is 10.00. The number of rotatable bonds is 5. The van der Waals surface area contributed by atoms with E-state index in [-0.39, 0.29) is 11.9 Å². The van der Waals surface area contributed by atoms with Gasteiger partial charge in [0.2, 0.25) is 5.91 Å². The molecule has 26 heavy (non-hydrogen) atoms. The zero-order chi connectivity index (χ0) is 18.4. The van der Waals surface area contributed by atoms with Crippen LogP contribution >= 0.6 is 11.6 Å². The summed E-state index contributed by atoms with van der Waals surface area (Å²) < 4.78 is 0. The fourth-order valence-electron chi connectivity index (χ4n) is 3.21. The number of piperidine rings is 1. The number of benzene rings is 2. The number of halogens is 1. The van der Waals surface area contributed by atoms with Gasteiger partial charge in [-0.05, 0) is 48.2 Å². The molecule has 0 bridgehead atoms. The molecule has 2 N–H and O–H groups in total. The standard InChI is InChI=1S/C21H22ClN3O/c22-18-5-3-4-17(13-18)16-9-7-15(8-10-16)12-19(14-23)25-21(26)20-6-1-2-11-24-20/h3-5,7-10,13,19-20,24H,1-2,6,11-12H2,(H,25,26). The van der Waals surface area contributed by atoms with Crippen molar-refractivity contribution >= 4 is 17.5 Å².